The fraction of sp³-hybridized carbons (Fsp3) is 0.318. The largest absolute Gasteiger partial charge is 0.493 e. The minimum Gasteiger partial charge on any atom is -0.493 e. The zero-order valence-electron chi connectivity index (χ0n) is 18.0. The monoisotopic (exact) mass is 442 g/mol. The lowest BCUT2D eigenvalue weighted by Crippen LogP contribution is -2.26. The number of carbonyl (C=O) groups is 3. The van der Waals surface area contributed by atoms with Crippen molar-refractivity contribution in [2.24, 2.45) is 0 Å². The quantitative estimate of drug-likeness (QED) is 0.277. The molecule has 0 spiro atoms. The maximum atomic E-state index is 12.8. The molecule has 0 saturated carbocycles. The molecular weight excluding hydrogens is 420 g/mol. The van der Waals surface area contributed by atoms with E-state index in [-0.39, 0.29) is 23.0 Å². The maximum absolute atomic E-state index is 12.8. The molecule has 0 unspecified atom stereocenters. The van der Waals surface area contributed by atoms with E-state index in [1.807, 2.05) is 0 Å². The molecule has 10 nitrogen and oxygen atoms in total. The molecule has 1 aliphatic rings. The Kier molecular flexibility index (Phi) is 6.42. The van der Waals surface area contributed by atoms with Gasteiger partial charge < -0.3 is 19.1 Å². The maximum Gasteiger partial charge on any atom is 0.346 e. The van der Waals surface area contributed by atoms with E-state index in [0.717, 1.165) is 23.4 Å². The van der Waals surface area contributed by atoms with Gasteiger partial charge in [0.1, 0.15) is 5.56 Å². The number of Topliss-reactive ketones (excluding diaryl/α,β-unsaturated/α-hetero) is 1. The van der Waals surface area contributed by atoms with Crippen LogP contribution < -0.4 is 14.4 Å². The summed E-state index contributed by atoms with van der Waals surface area (Å²) in [6, 6.07) is 7.12. The molecule has 0 saturated heterocycles. The number of anilines is 1. The highest BCUT2D eigenvalue weighted by atomic mass is 16.6. The lowest BCUT2D eigenvalue weighted by molar-refractivity contribution is -0.385. The first kappa shape index (κ1) is 22.7. The zero-order valence-corrected chi connectivity index (χ0v) is 18.0. The van der Waals surface area contributed by atoms with E-state index >= 15 is 0 Å². The van der Waals surface area contributed by atoms with E-state index in [4.69, 9.17) is 14.2 Å². The first-order valence-electron chi connectivity index (χ1n) is 9.74. The SMILES string of the molecule is COc1cc(C(=O)O[C@@H](C)C(=O)c2ccc3c(c2)CCN3C(C)=O)c([N+](=O)[O-])cc1OC. The number of carbonyl (C=O) groups excluding carboxylic acids is 3. The average molecular weight is 442 g/mol. The summed E-state index contributed by atoms with van der Waals surface area (Å²) in [7, 11) is 2.64. The highest BCUT2D eigenvalue weighted by molar-refractivity contribution is 6.03. The van der Waals surface area contributed by atoms with Gasteiger partial charge in [0.25, 0.3) is 5.69 Å². The summed E-state index contributed by atoms with van der Waals surface area (Å²) in [4.78, 5) is 49.5. The number of ketones is 1. The van der Waals surface area contributed by atoms with Gasteiger partial charge in [-0.2, -0.15) is 0 Å². The van der Waals surface area contributed by atoms with E-state index in [0.29, 0.717) is 18.5 Å². The summed E-state index contributed by atoms with van der Waals surface area (Å²) in [5.74, 6) is -1.40. The summed E-state index contributed by atoms with van der Waals surface area (Å²) in [5, 5.41) is 11.4. The molecule has 0 aliphatic carbocycles. The van der Waals surface area contributed by atoms with Crippen molar-refractivity contribution in [2.75, 3.05) is 25.7 Å². The molecule has 1 aliphatic heterocycles. The predicted molar refractivity (Wildman–Crippen MR) is 114 cm³/mol. The van der Waals surface area contributed by atoms with Crippen LogP contribution in [0, 0.1) is 10.1 Å². The van der Waals surface area contributed by atoms with E-state index in [9.17, 15) is 24.5 Å². The van der Waals surface area contributed by atoms with Crippen LogP contribution in [0.15, 0.2) is 30.3 Å². The van der Waals surface area contributed by atoms with E-state index in [1.165, 1.54) is 28.1 Å². The van der Waals surface area contributed by atoms with Crippen molar-refractivity contribution in [3.63, 3.8) is 0 Å². The Hall–Kier alpha value is -3.95. The van der Waals surface area contributed by atoms with Gasteiger partial charge in [-0.25, -0.2) is 4.79 Å². The molecule has 0 fully saturated rings. The van der Waals surface area contributed by atoms with Crippen LogP contribution in [-0.2, 0) is 16.0 Å². The van der Waals surface area contributed by atoms with Crippen molar-refractivity contribution in [3.8, 4) is 11.5 Å². The third kappa shape index (κ3) is 4.25. The molecule has 0 bridgehead atoms. The second-order valence-corrected chi connectivity index (χ2v) is 7.16. The van der Waals surface area contributed by atoms with Gasteiger partial charge in [0.15, 0.2) is 17.6 Å². The van der Waals surface area contributed by atoms with E-state index < -0.39 is 28.5 Å². The van der Waals surface area contributed by atoms with Gasteiger partial charge in [0.2, 0.25) is 11.7 Å². The van der Waals surface area contributed by atoms with Gasteiger partial charge in [-0.1, -0.05) is 0 Å². The van der Waals surface area contributed by atoms with Crippen LogP contribution in [0.3, 0.4) is 0 Å². The molecule has 168 valence electrons. The van der Waals surface area contributed by atoms with Gasteiger partial charge in [-0.15, -0.1) is 0 Å². The lowest BCUT2D eigenvalue weighted by atomic mass is 10.0. The fourth-order valence-corrected chi connectivity index (χ4v) is 3.58. The molecule has 0 radical (unpaired) electrons. The van der Waals surface area contributed by atoms with Gasteiger partial charge in [-0.05, 0) is 37.1 Å². The van der Waals surface area contributed by atoms with Crippen LogP contribution in [0.1, 0.15) is 40.1 Å². The Balaban J connectivity index is 1.83. The van der Waals surface area contributed by atoms with Crippen LogP contribution in [-0.4, -0.2) is 49.5 Å². The Morgan fingerprint density at radius 1 is 1.09 bits per heavy atom. The molecule has 2 aromatic carbocycles. The Morgan fingerprint density at radius 2 is 1.75 bits per heavy atom. The first-order chi connectivity index (χ1) is 15.2. The second-order valence-electron chi connectivity index (χ2n) is 7.16. The number of nitro groups is 1. The Morgan fingerprint density at radius 3 is 2.34 bits per heavy atom. The van der Waals surface area contributed by atoms with Crippen molar-refractivity contribution in [2.45, 2.75) is 26.4 Å². The zero-order chi connectivity index (χ0) is 23.6. The summed E-state index contributed by atoms with van der Waals surface area (Å²) >= 11 is 0. The number of benzene rings is 2. The Labute approximate surface area is 183 Å². The number of amides is 1. The van der Waals surface area contributed by atoms with Crippen molar-refractivity contribution in [1.82, 2.24) is 0 Å². The smallest absolute Gasteiger partial charge is 0.346 e. The van der Waals surface area contributed by atoms with Crippen LogP contribution in [0.4, 0.5) is 11.4 Å². The van der Waals surface area contributed by atoms with E-state index in [1.54, 1.807) is 23.1 Å². The molecule has 1 atom stereocenters. The number of rotatable bonds is 7. The number of hydrogen-bond acceptors (Lipinski definition) is 8. The van der Waals surface area contributed by atoms with Crippen molar-refractivity contribution >= 4 is 29.0 Å². The topological polar surface area (TPSA) is 125 Å². The standard InChI is InChI=1S/C22H22N2O8/c1-12(21(26)15-5-6-17-14(9-15)7-8-23(17)13(2)25)32-22(27)16-10-19(30-3)20(31-4)11-18(16)24(28)29/h5-6,9-12H,7-8H2,1-4H3/t12-/m0/s1. The number of methoxy groups -OCH3 is 2. The third-order valence-electron chi connectivity index (χ3n) is 5.21. The summed E-state index contributed by atoms with van der Waals surface area (Å²) in [5.41, 5.74) is 1.02. The lowest BCUT2D eigenvalue weighted by Gasteiger charge is -2.16. The second kappa shape index (κ2) is 9.04. The normalized spacial score (nSPS) is 13.2. The molecule has 32 heavy (non-hydrogen) atoms. The van der Waals surface area contributed by atoms with Gasteiger partial charge in [0, 0.05) is 30.8 Å². The van der Waals surface area contributed by atoms with Crippen molar-refractivity contribution < 1.29 is 33.5 Å². The van der Waals surface area contributed by atoms with Crippen LogP contribution in [0.2, 0.25) is 0 Å². The van der Waals surface area contributed by atoms with Crippen LogP contribution >= 0.6 is 0 Å². The molecule has 2 aromatic rings. The molecule has 1 heterocycles. The molecule has 1 amide bonds. The number of ether oxygens (including phenoxy) is 3. The summed E-state index contributed by atoms with van der Waals surface area (Å²) in [6.45, 7) is 3.40. The molecular formula is C22H22N2O8. The molecule has 0 aromatic heterocycles. The van der Waals surface area contributed by atoms with Crippen LogP contribution in [0.5, 0.6) is 11.5 Å². The first-order valence-corrected chi connectivity index (χ1v) is 9.74. The molecule has 3 rings (SSSR count). The number of nitrogens with zero attached hydrogens (tertiary/aromatic N) is 2. The Bertz CT molecular complexity index is 1110. The summed E-state index contributed by atoms with van der Waals surface area (Å²) < 4.78 is 15.4. The van der Waals surface area contributed by atoms with Gasteiger partial charge >= 0.3 is 5.97 Å². The average Bonchev–Trinajstić information content (AvgIpc) is 3.20. The minimum absolute atomic E-state index is 0.0811. The highest BCUT2D eigenvalue weighted by Gasteiger charge is 2.29. The van der Waals surface area contributed by atoms with Crippen molar-refractivity contribution in [3.05, 3.63) is 57.1 Å². The minimum atomic E-state index is -1.20. The van der Waals surface area contributed by atoms with Gasteiger partial charge in [-0.3, -0.25) is 19.7 Å². The fourth-order valence-electron chi connectivity index (χ4n) is 3.58. The predicted octanol–water partition coefficient (Wildman–Crippen LogP) is 2.95. The molecule has 0 N–H and O–H groups in total. The number of esters is 1. The molecule has 10 heteroatoms. The van der Waals surface area contributed by atoms with Crippen molar-refractivity contribution in [1.29, 1.82) is 0 Å². The number of fused-ring (bicyclic) bond motifs is 1. The van der Waals surface area contributed by atoms with Crippen LogP contribution in [0.25, 0.3) is 0 Å². The number of hydrogen-bond donors (Lipinski definition) is 0. The number of nitro benzene ring substituents is 1. The third-order valence-corrected chi connectivity index (χ3v) is 5.21. The van der Waals surface area contributed by atoms with E-state index in [2.05, 4.69) is 0 Å². The summed E-state index contributed by atoms with van der Waals surface area (Å²) in [6.07, 6.45) is -0.583. The van der Waals surface area contributed by atoms with Gasteiger partial charge in [0.05, 0.1) is 25.2 Å². The highest BCUT2D eigenvalue weighted by Crippen LogP contribution is 2.35.